The van der Waals surface area contributed by atoms with Crippen molar-refractivity contribution in [3.63, 3.8) is 0 Å². The van der Waals surface area contributed by atoms with Gasteiger partial charge in [-0.05, 0) is 23.6 Å². The molecule has 2 unspecified atom stereocenters. The van der Waals surface area contributed by atoms with Gasteiger partial charge in [0, 0.05) is 6.42 Å². The van der Waals surface area contributed by atoms with Gasteiger partial charge in [0.1, 0.15) is 35.3 Å². The van der Waals surface area contributed by atoms with Crippen LogP contribution in [0.3, 0.4) is 0 Å². The molecule has 19 nitrogen and oxygen atoms in total. The maximum Gasteiger partial charge on any atom is 0.280 e. The zero-order chi connectivity index (χ0) is 32.6. The van der Waals surface area contributed by atoms with Gasteiger partial charge < -0.3 is 49.6 Å². The summed E-state index contributed by atoms with van der Waals surface area (Å²) in [6.07, 6.45) is -0.930. The summed E-state index contributed by atoms with van der Waals surface area (Å²) in [5.41, 5.74) is 6.05. The topological polar surface area (TPSA) is 266 Å². The number of anilines is 2. The molecule has 0 aromatic carbocycles. The summed E-state index contributed by atoms with van der Waals surface area (Å²) in [7, 11) is -2.56. The van der Waals surface area contributed by atoms with E-state index in [2.05, 4.69) is 29.9 Å². The Morgan fingerprint density at radius 1 is 1.15 bits per heavy atom. The second-order valence-electron chi connectivity index (χ2n) is 11.0. The predicted molar refractivity (Wildman–Crippen MR) is 164 cm³/mol. The highest BCUT2D eigenvalue weighted by atomic mass is 32.5. The van der Waals surface area contributed by atoms with Gasteiger partial charge in [0.25, 0.3) is 5.56 Å². The van der Waals surface area contributed by atoms with Crippen LogP contribution in [0, 0.1) is 0 Å². The third-order valence-electron chi connectivity index (χ3n) is 8.28. The van der Waals surface area contributed by atoms with E-state index in [4.69, 9.17) is 58.3 Å². The number of H-pyrrole nitrogens is 1. The Balaban J connectivity index is 1.19. The van der Waals surface area contributed by atoms with Crippen molar-refractivity contribution in [2.45, 2.75) is 48.0 Å². The summed E-state index contributed by atoms with van der Waals surface area (Å²) in [4.78, 5) is 56.6. The molecule has 248 valence electrons. The number of nitrogens with one attached hydrogen (secondary N) is 1. The van der Waals surface area contributed by atoms with E-state index in [0.29, 0.717) is 11.2 Å². The third kappa shape index (κ3) is 5.17. The van der Waals surface area contributed by atoms with E-state index in [1.165, 1.54) is 28.1 Å². The molecule has 0 radical (unpaired) electrons. The molecule has 8 N–H and O–H groups in total. The molecule has 0 aliphatic carbocycles. The predicted octanol–water partition coefficient (Wildman–Crippen LogP) is -1.02. The largest absolute Gasteiger partial charge is 0.387 e. The minimum Gasteiger partial charge on any atom is -0.387 e. The molecule has 0 amide bonds. The lowest BCUT2D eigenvalue weighted by Crippen LogP contribution is -2.46. The van der Waals surface area contributed by atoms with Gasteiger partial charge in [-0.2, -0.15) is 4.98 Å². The Morgan fingerprint density at radius 3 is 2.65 bits per heavy atom. The number of halogens is 1. The van der Waals surface area contributed by atoms with Crippen molar-refractivity contribution in [1.82, 2.24) is 39.0 Å². The van der Waals surface area contributed by atoms with Crippen molar-refractivity contribution in [2.24, 2.45) is 0 Å². The van der Waals surface area contributed by atoms with E-state index in [1.807, 2.05) is 0 Å². The molecule has 2 bridgehead atoms. The zero-order valence-corrected chi connectivity index (χ0v) is 26.9. The van der Waals surface area contributed by atoms with E-state index >= 15 is 4.39 Å². The number of rotatable bonds is 10. The molecular weight excluding hydrogens is 693 g/mol. The van der Waals surface area contributed by atoms with Gasteiger partial charge in [0.15, 0.2) is 54.4 Å². The summed E-state index contributed by atoms with van der Waals surface area (Å²) in [5.74, 6) is -0.0778. The number of aromatic amines is 1. The number of aliphatic hydroxyl groups is 1. The fourth-order valence-electron chi connectivity index (χ4n) is 6.08. The minimum atomic E-state index is -4.27. The first-order valence-corrected chi connectivity index (χ1v) is 18.8. The normalized spacial score (nSPS) is 32.8. The molecule has 7 heterocycles. The molecule has 3 aliphatic heterocycles. The van der Waals surface area contributed by atoms with Crippen LogP contribution in [0.15, 0.2) is 23.8 Å². The van der Waals surface area contributed by atoms with Gasteiger partial charge in [0.2, 0.25) is 5.95 Å². The minimum absolute atomic E-state index is 0.0433. The molecule has 46 heavy (non-hydrogen) atoms. The van der Waals surface area contributed by atoms with Crippen molar-refractivity contribution < 1.29 is 42.5 Å². The fourth-order valence-corrected chi connectivity index (χ4v) is 9.54. The maximum absolute atomic E-state index is 16.8. The van der Waals surface area contributed by atoms with Gasteiger partial charge in [-0.25, -0.2) is 24.3 Å². The van der Waals surface area contributed by atoms with Crippen molar-refractivity contribution in [2.75, 3.05) is 37.9 Å². The smallest absolute Gasteiger partial charge is 0.280 e. The van der Waals surface area contributed by atoms with Crippen LogP contribution in [-0.4, -0.2) is 109 Å². The van der Waals surface area contributed by atoms with E-state index in [-0.39, 0.29) is 42.6 Å². The second-order valence-corrected chi connectivity index (χ2v) is 16.4. The van der Waals surface area contributed by atoms with Gasteiger partial charge in [-0.1, -0.05) is 0 Å². The zero-order valence-electron chi connectivity index (χ0n) is 23.4. The van der Waals surface area contributed by atoms with Crippen molar-refractivity contribution >= 4 is 71.4 Å². The van der Waals surface area contributed by atoms with Crippen molar-refractivity contribution in [1.29, 1.82) is 0 Å². The lowest BCUT2D eigenvalue weighted by Gasteiger charge is -2.36. The highest BCUT2D eigenvalue weighted by Gasteiger charge is 2.64. The molecule has 3 aliphatic rings. The molecular formula is C22H27FN10O9P2S2. The number of aliphatic hydroxyl groups excluding tert-OH is 1. The first-order valence-electron chi connectivity index (χ1n) is 13.6. The van der Waals surface area contributed by atoms with Crippen LogP contribution in [0.2, 0.25) is 0 Å². The molecule has 3 fully saturated rings. The first kappa shape index (κ1) is 32.0. The Bertz CT molecular complexity index is 1970. The van der Waals surface area contributed by atoms with Crippen LogP contribution in [0.4, 0.5) is 16.2 Å². The van der Waals surface area contributed by atoms with Crippen LogP contribution >= 0.6 is 13.6 Å². The summed E-state index contributed by atoms with van der Waals surface area (Å²) < 4.78 is 48.6. The summed E-state index contributed by atoms with van der Waals surface area (Å²) >= 11 is 10.3. The second kappa shape index (κ2) is 11.5. The molecule has 0 spiro atoms. The Morgan fingerprint density at radius 2 is 1.89 bits per heavy atom. The van der Waals surface area contributed by atoms with Crippen molar-refractivity contribution in [3.8, 4) is 0 Å². The number of aromatic nitrogens is 8. The Hall–Kier alpha value is -2.59. The van der Waals surface area contributed by atoms with Crippen LogP contribution in [-0.2, 0) is 46.9 Å². The van der Waals surface area contributed by atoms with Gasteiger partial charge in [-0.3, -0.25) is 18.9 Å². The molecule has 24 heteroatoms. The van der Waals surface area contributed by atoms with Gasteiger partial charge >= 0.3 is 0 Å². The van der Waals surface area contributed by atoms with Crippen LogP contribution < -0.4 is 17.0 Å². The number of imidazole rings is 2. The highest BCUT2D eigenvalue weighted by molar-refractivity contribution is 8.09. The average Bonchev–Trinajstić information content (AvgIpc) is 3.80. The van der Waals surface area contributed by atoms with Crippen LogP contribution in [0.5, 0.6) is 0 Å². The Labute approximate surface area is 267 Å². The Kier molecular flexibility index (Phi) is 8.02. The number of alkyl halides is 1. The molecule has 4 aromatic rings. The fraction of sp³-hybridized carbons (Fsp3) is 0.545. The maximum atomic E-state index is 16.8. The van der Waals surface area contributed by atoms with Crippen molar-refractivity contribution in [3.05, 3.63) is 29.3 Å². The van der Waals surface area contributed by atoms with Gasteiger partial charge in [0.05, 0.1) is 39.1 Å². The number of fused-ring (bicyclic) bond motifs is 4. The standard InChI is InChI=1S/C22H27FN10O9P2S2/c23-21(1-2-40-43(36)45)3-39-19(33-8-29-10-16(33)30-20(25)31-17(10)35)13(21)44(37,46)41-5-22-4-38-11(12(22)34)18(42-22)32-7-28-9-14(24)26-6-27-15(9)32/h6-8,11-13,18-19,34,43H,1-5H2,(H,36,45)(H,37,46)(H2,24,26,27)(H3,25,30,31,35)/t11-,12+,13+,18-,19-,21-,22-,44?/m1/s1. The number of hydrogen-bond acceptors (Lipinski definition) is 16. The number of nitrogens with two attached hydrogens (primary N) is 2. The molecule has 4 aromatic heterocycles. The quantitative estimate of drug-likeness (QED) is 0.107. The lowest BCUT2D eigenvalue weighted by molar-refractivity contribution is -0.182. The van der Waals surface area contributed by atoms with Crippen LogP contribution in [0.1, 0.15) is 18.9 Å². The number of nitrogen functional groups attached to an aromatic ring is 2. The molecule has 3 saturated heterocycles. The number of ether oxygens (including phenoxy) is 3. The third-order valence-corrected chi connectivity index (χ3v) is 12.0. The summed E-state index contributed by atoms with van der Waals surface area (Å²) in [5, 5.41) is 11.2. The summed E-state index contributed by atoms with van der Waals surface area (Å²) in [6, 6.07) is 0. The molecule has 7 rings (SSSR count). The van der Waals surface area contributed by atoms with E-state index in [1.54, 1.807) is 0 Å². The van der Waals surface area contributed by atoms with E-state index in [0.717, 1.165) is 0 Å². The van der Waals surface area contributed by atoms with E-state index < -0.39 is 74.0 Å². The lowest BCUT2D eigenvalue weighted by atomic mass is 10.00. The summed E-state index contributed by atoms with van der Waals surface area (Å²) in [6.45, 7) is -5.78. The molecule has 9 atom stereocenters. The monoisotopic (exact) mass is 720 g/mol. The average molecular weight is 721 g/mol. The number of nitrogens with zero attached hydrogens (tertiary/aromatic N) is 7. The van der Waals surface area contributed by atoms with E-state index in [9.17, 15) is 19.7 Å². The highest BCUT2D eigenvalue weighted by Crippen LogP contribution is 2.62. The molecule has 0 saturated carbocycles. The first-order chi connectivity index (χ1) is 21.8. The van der Waals surface area contributed by atoms with Crippen LogP contribution in [0.25, 0.3) is 22.3 Å². The SMILES string of the molecule is Nc1nc2c(ncn2[C@@H]2OC[C@](F)(CCO[PH](O)=S)[C@H]2P(O)(=S)OC[C@@]23CO[C@@H]([C@H](n4cnc5c(N)ncnc54)O2)[C@@H]3O)c(=O)[nH]1. The number of hydrogen-bond donors (Lipinski definition) is 6. The van der Waals surface area contributed by atoms with Gasteiger partial charge in [-0.15, -0.1) is 0 Å².